The quantitative estimate of drug-likeness (QED) is 0.430. The third kappa shape index (κ3) is 4.91. The summed E-state index contributed by atoms with van der Waals surface area (Å²) >= 11 is 0. The van der Waals surface area contributed by atoms with Crippen molar-refractivity contribution in [3.8, 4) is 5.69 Å². The van der Waals surface area contributed by atoms with E-state index in [0.717, 1.165) is 16.6 Å². The number of carbonyl (C=O) groups is 1. The first-order valence-corrected chi connectivity index (χ1v) is 11.1. The maximum atomic E-state index is 13.1. The molecule has 1 aliphatic rings. The van der Waals surface area contributed by atoms with Crippen molar-refractivity contribution >= 4 is 16.8 Å². The molecule has 0 radical (unpaired) electrons. The van der Waals surface area contributed by atoms with E-state index in [1.807, 2.05) is 29.0 Å². The van der Waals surface area contributed by atoms with E-state index in [0.29, 0.717) is 31.2 Å². The molecule has 10 heteroatoms. The molecule has 2 heterocycles. The maximum Gasteiger partial charge on any atom is 0.418 e. The smallest absolute Gasteiger partial charge is 0.379 e. The molecule has 3 aromatic rings. The van der Waals surface area contributed by atoms with Crippen molar-refractivity contribution in [1.29, 1.82) is 0 Å². The summed E-state index contributed by atoms with van der Waals surface area (Å²) in [4.78, 5) is 20.3. The Morgan fingerprint density at radius 2 is 1.97 bits per heavy atom. The molecule has 33 heavy (non-hydrogen) atoms. The monoisotopic (exact) mass is 463 g/mol. The number of halogens is 3. The first-order chi connectivity index (χ1) is 15.7. The highest BCUT2D eigenvalue weighted by Gasteiger charge is 2.52. The van der Waals surface area contributed by atoms with Crippen LogP contribution in [0.15, 0.2) is 43.1 Å². The van der Waals surface area contributed by atoms with Crippen LogP contribution in [-0.4, -0.2) is 56.0 Å². The molecule has 178 valence electrons. The summed E-state index contributed by atoms with van der Waals surface area (Å²) in [5, 5.41) is 16.7. The number of fused-ring (bicyclic) bond motifs is 1. The van der Waals surface area contributed by atoms with E-state index in [4.69, 9.17) is 0 Å². The minimum Gasteiger partial charge on any atom is -0.379 e. The zero-order valence-corrected chi connectivity index (χ0v) is 18.3. The molecular weight excluding hydrogens is 435 g/mol. The Hall–Kier alpha value is -2.85. The van der Waals surface area contributed by atoms with E-state index < -0.39 is 24.7 Å². The van der Waals surface area contributed by atoms with Gasteiger partial charge in [0.05, 0.1) is 17.4 Å². The summed E-state index contributed by atoms with van der Waals surface area (Å²) in [6.45, 7) is 0.797. The van der Waals surface area contributed by atoms with Gasteiger partial charge in [-0.15, -0.1) is 0 Å². The maximum absolute atomic E-state index is 13.1. The summed E-state index contributed by atoms with van der Waals surface area (Å²) in [7, 11) is 0. The second-order valence-corrected chi connectivity index (χ2v) is 8.69. The number of H-pyrrole nitrogens is 1. The Balaban J connectivity index is 1.37. The van der Waals surface area contributed by atoms with Gasteiger partial charge in [0.15, 0.2) is 5.60 Å². The highest BCUT2D eigenvalue weighted by molar-refractivity contribution is 6.06. The van der Waals surface area contributed by atoms with Gasteiger partial charge in [-0.25, -0.2) is 4.98 Å². The van der Waals surface area contributed by atoms with Crippen LogP contribution in [0, 0.1) is 0 Å². The zero-order valence-electron chi connectivity index (χ0n) is 18.3. The third-order valence-corrected chi connectivity index (χ3v) is 6.55. The van der Waals surface area contributed by atoms with Gasteiger partial charge in [-0.2, -0.15) is 13.2 Å². The highest BCUT2D eigenvalue weighted by atomic mass is 19.4. The molecule has 0 aliphatic heterocycles. The molecule has 2 aromatic heterocycles. The Morgan fingerprint density at radius 1 is 1.24 bits per heavy atom. The van der Waals surface area contributed by atoms with Gasteiger partial charge in [-0.1, -0.05) is 6.92 Å². The van der Waals surface area contributed by atoms with Crippen molar-refractivity contribution in [3.63, 3.8) is 0 Å². The molecule has 0 bridgehead atoms. The summed E-state index contributed by atoms with van der Waals surface area (Å²) in [5.74, 6) is -0.196. The number of amides is 1. The zero-order chi connectivity index (χ0) is 23.6. The van der Waals surface area contributed by atoms with Gasteiger partial charge in [-0.3, -0.25) is 4.79 Å². The number of aromatic nitrogens is 3. The van der Waals surface area contributed by atoms with Crippen LogP contribution in [0.25, 0.3) is 16.6 Å². The number of rotatable bonds is 7. The van der Waals surface area contributed by atoms with Gasteiger partial charge >= 0.3 is 6.18 Å². The molecule has 0 saturated heterocycles. The van der Waals surface area contributed by atoms with Crippen LogP contribution >= 0.6 is 0 Å². The molecule has 4 N–H and O–H groups in total. The number of imidazole rings is 1. The van der Waals surface area contributed by atoms with Crippen LogP contribution in [-0.2, 0) is 0 Å². The highest BCUT2D eigenvalue weighted by Crippen LogP contribution is 2.33. The number of alkyl halides is 3. The molecule has 0 spiro atoms. The van der Waals surface area contributed by atoms with Gasteiger partial charge < -0.3 is 25.3 Å². The largest absolute Gasteiger partial charge is 0.418 e. The third-order valence-electron chi connectivity index (χ3n) is 6.55. The Morgan fingerprint density at radius 3 is 2.61 bits per heavy atom. The molecule has 1 fully saturated rings. The normalized spacial score (nSPS) is 21.1. The van der Waals surface area contributed by atoms with Crippen LogP contribution in [0.3, 0.4) is 0 Å². The Labute approximate surface area is 189 Å². The average Bonchev–Trinajstić information content (AvgIpc) is 3.48. The summed E-state index contributed by atoms with van der Waals surface area (Å²) < 4.78 is 41.1. The van der Waals surface area contributed by atoms with Crippen molar-refractivity contribution in [2.24, 2.45) is 0 Å². The van der Waals surface area contributed by atoms with Crippen LogP contribution in [0.5, 0.6) is 0 Å². The van der Waals surface area contributed by atoms with Crippen LogP contribution in [0.4, 0.5) is 13.2 Å². The first-order valence-electron chi connectivity index (χ1n) is 11.1. The van der Waals surface area contributed by atoms with Gasteiger partial charge in [-0.05, 0) is 50.3 Å². The van der Waals surface area contributed by atoms with Crippen molar-refractivity contribution in [1.82, 2.24) is 25.2 Å². The molecule has 7 nitrogen and oxygen atoms in total. The lowest BCUT2D eigenvalue weighted by molar-refractivity contribution is -0.259. The Bertz CT molecular complexity index is 1090. The number of nitrogens with one attached hydrogen (secondary N) is 3. The van der Waals surface area contributed by atoms with Gasteiger partial charge in [0, 0.05) is 48.3 Å². The fraction of sp³-hybridized carbons (Fsp3) is 0.478. The second-order valence-electron chi connectivity index (χ2n) is 8.69. The predicted molar refractivity (Wildman–Crippen MR) is 118 cm³/mol. The van der Waals surface area contributed by atoms with E-state index in [1.165, 1.54) is 6.92 Å². The molecule has 1 aromatic carbocycles. The first kappa shape index (κ1) is 23.3. The summed E-state index contributed by atoms with van der Waals surface area (Å²) in [5.41, 5.74) is -0.622. The molecule has 1 aliphatic carbocycles. The minimum atomic E-state index is -4.67. The Kier molecular flexibility index (Phi) is 6.49. The van der Waals surface area contributed by atoms with Gasteiger partial charge in [0.1, 0.15) is 0 Å². The van der Waals surface area contributed by atoms with E-state index >= 15 is 0 Å². The van der Waals surface area contributed by atoms with E-state index in [1.54, 1.807) is 18.7 Å². The molecular formula is C23H28F3N5O2. The fourth-order valence-corrected chi connectivity index (χ4v) is 4.34. The fourth-order valence-electron chi connectivity index (χ4n) is 4.34. The number of carbonyl (C=O) groups excluding carboxylic acids is 1. The van der Waals surface area contributed by atoms with Gasteiger partial charge in [0.25, 0.3) is 5.91 Å². The molecule has 1 unspecified atom stereocenters. The van der Waals surface area contributed by atoms with E-state index in [-0.39, 0.29) is 18.0 Å². The average molecular weight is 464 g/mol. The van der Waals surface area contributed by atoms with Crippen molar-refractivity contribution < 1.29 is 23.1 Å². The lowest BCUT2D eigenvalue weighted by Crippen LogP contribution is -2.54. The number of hydrogen-bond acceptors (Lipinski definition) is 4. The van der Waals surface area contributed by atoms with Crippen molar-refractivity contribution in [2.75, 3.05) is 6.54 Å². The second kappa shape index (κ2) is 9.18. The topological polar surface area (TPSA) is 95.0 Å². The molecule has 1 saturated carbocycles. The van der Waals surface area contributed by atoms with Crippen LogP contribution in [0.1, 0.15) is 49.4 Å². The number of benzene rings is 1. The lowest BCUT2D eigenvalue weighted by Gasteiger charge is -2.34. The molecule has 1 amide bonds. The van der Waals surface area contributed by atoms with Crippen LogP contribution < -0.4 is 10.6 Å². The number of nitrogens with zero attached hydrogens (tertiary/aromatic N) is 2. The predicted octanol–water partition coefficient (Wildman–Crippen LogP) is 3.69. The SMILES string of the molecule is CCC(O)(CN[C@H]1CC[C@@H](NC(=O)c2cc(-n3ccnc3)cc3cc[nH]c23)CC1)C(F)(F)F. The number of hydrogen-bond donors (Lipinski definition) is 4. The van der Waals surface area contributed by atoms with Crippen molar-refractivity contribution in [3.05, 3.63) is 48.7 Å². The minimum absolute atomic E-state index is 0.0647. The summed E-state index contributed by atoms with van der Waals surface area (Å²) in [6, 6.07) is 5.50. The van der Waals surface area contributed by atoms with E-state index in [9.17, 15) is 23.1 Å². The van der Waals surface area contributed by atoms with Gasteiger partial charge in [0.2, 0.25) is 0 Å². The lowest BCUT2D eigenvalue weighted by atomic mass is 9.90. The van der Waals surface area contributed by atoms with Crippen LogP contribution in [0.2, 0.25) is 0 Å². The van der Waals surface area contributed by atoms with Crippen molar-refractivity contribution in [2.45, 2.75) is 62.9 Å². The molecule has 4 rings (SSSR count). The standard InChI is InChI=1S/C23H28F3N5O2/c1-2-22(33,23(24,25)26)13-29-16-3-5-17(6-4-16)30-21(32)19-12-18(31-10-9-27-14-31)11-15-7-8-28-20(15)19/h7-12,14,16-17,28-29,33H,2-6,13H2,1H3,(H,30,32)/t16-,17+,22?. The number of aliphatic hydroxyl groups is 1. The number of aromatic amines is 1. The summed E-state index contributed by atoms with van der Waals surface area (Å²) in [6.07, 6.45) is 4.40. The molecule has 1 atom stereocenters. The van der Waals surface area contributed by atoms with E-state index in [2.05, 4.69) is 20.6 Å².